The number of carboxylic acids is 1. The maximum absolute atomic E-state index is 14.1. The van der Waals surface area contributed by atoms with Gasteiger partial charge in [-0.25, -0.2) is 39.2 Å². The highest BCUT2D eigenvalue weighted by Gasteiger charge is 2.47. The topological polar surface area (TPSA) is 542 Å². The summed E-state index contributed by atoms with van der Waals surface area (Å²) in [6, 6.07) is 14.3. The van der Waals surface area contributed by atoms with Crippen LogP contribution in [0.2, 0.25) is 0 Å². The van der Waals surface area contributed by atoms with Gasteiger partial charge >= 0.3 is 5.97 Å². The van der Waals surface area contributed by atoms with Crippen molar-refractivity contribution in [2.75, 3.05) is 50.9 Å². The second kappa shape index (κ2) is 54.4. The number of carbonyl (C=O) groups is 8. The van der Waals surface area contributed by atoms with Crippen molar-refractivity contribution in [1.82, 2.24) is 85.4 Å². The van der Waals surface area contributed by atoms with E-state index in [4.69, 9.17) is 46.0 Å². The van der Waals surface area contributed by atoms with E-state index in [2.05, 4.69) is 85.2 Å². The lowest BCUT2D eigenvalue weighted by Crippen LogP contribution is -2.50. The Balaban J connectivity index is 0.000000265. The SMILES string of the molecule is C.CCn1c(-c2nonc2N)nc2c(C#CC(C)(C)O)ncc(OCCCCCCCC(=O)NCCCCCC(=O)C[C@H](C(=O)N3C[C@H](O)C[C@H]3C(=O)NCc3ccc(-c4scnc4C)cc3)C(C)(C)C)c21.CCn1c(-c2nonc2N)nc2c(C#CC(C)(C)O)ncc(OCCCCCCCC(=O)O)c21.Cc1ncsc1-c1ccc(CNC(=O)[C@@H]2C[C@@H](O)CN2C(=O)[C@@H](CC(=O)CCCCCN)C(C)(C)C)cc1. The molecule has 39 heteroatoms. The van der Waals surface area contributed by atoms with Crippen molar-refractivity contribution in [3.05, 3.63) is 106 Å². The summed E-state index contributed by atoms with van der Waals surface area (Å²) in [4.78, 5) is 136. The first-order chi connectivity index (χ1) is 68.1. The highest BCUT2D eigenvalue weighted by atomic mass is 32.1. The van der Waals surface area contributed by atoms with Gasteiger partial charge in [0.05, 0.1) is 70.0 Å². The van der Waals surface area contributed by atoms with Gasteiger partial charge in [-0.3, -0.25) is 38.4 Å². The number of likely N-dealkylation sites (tertiary alicyclic amines) is 2. The van der Waals surface area contributed by atoms with Crippen LogP contribution in [0.5, 0.6) is 11.5 Å². The average molecular weight is 2020 g/mol. The summed E-state index contributed by atoms with van der Waals surface area (Å²) in [6.07, 6.45) is 16.8. The summed E-state index contributed by atoms with van der Waals surface area (Å²) < 4.78 is 25.7. The maximum Gasteiger partial charge on any atom is 0.303 e. The number of unbranched alkanes of at least 4 members (excludes halogenated alkanes) is 12. The van der Waals surface area contributed by atoms with Crippen LogP contribution in [0.15, 0.2) is 81.2 Å². The molecule has 12 rings (SSSR count). The van der Waals surface area contributed by atoms with E-state index >= 15 is 0 Å². The Morgan fingerprint density at radius 1 is 0.514 bits per heavy atom. The van der Waals surface area contributed by atoms with Gasteiger partial charge in [0.2, 0.25) is 29.5 Å². The predicted octanol–water partition coefficient (Wildman–Crippen LogP) is 14.4. The van der Waals surface area contributed by atoms with Gasteiger partial charge in [-0.15, -0.1) is 22.7 Å². The second-order valence-electron chi connectivity index (χ2n) is 39.7. The van der Waals surface area contributed by atoms with Crippen molar-refractivity contribution in [3.63, 3.8) is 0 Å². The first-order valence-corrected chi connectivity index (χ1v) is 51.3. The molecule has 2 aromatic carbocycles. The second-order valence-corrected chi connectivity index (χ2v) is 41.4. The van der Waals surface area contributed by atoms with Crippen LogP contribution in [0, 0.1) is 60.2 Å². The van der Waals surface area contributed by atoms with Crippen LogP contribution in [0.25, 0.3) is 66.0 Å². The summed E-state index contributed by atoms with van der Waals surface area (Å²) in [6.45, 7) is 29.7. The van der Waals surface area contributed by atoms with Crippen LogP contribution >= 0.6 is 22.7 Å². The van der Waals surface area contributed by atoms with Gasteiger partial charge < -0.3 is 87.1 Å². The number of amides is 5. The van der Waals surface area contributed by atoms with Gasteiger partial charge in [0.15, 0.2) is 46.2 Å². The first kappa shape index (κ1) is 115. The molecule has 0 unspecified atom stereocenters. The van der Waals surface area contributed by atoms with Crippen LogP contribution in [-0.2, 0) is 64.5 Å². The Morgan fingerprint density at radius 3 is 1.26 bits per heavy atom. The number of pyridine rings is 2. The highest BCUT2D eigenvalue weighted by Crippen LogP contribution is 2.40. The number of aryl methyl sites for hydroxylation is 4. The van der Waals surface area contributed by atoms with E-state index in [0.29, 0.717) is 146 Å². The zero-order valence-corrected chi connectivity index (χ0v) is 86.5. The van der Waals surface area contributed by atoms with E-state index in [1.807, 2.05) is 138 Å². The Labute approximate surface area is 850 Å². The molecular weight excluding hydrogens is 1880 g/mol. The van der Waals surface area contributed by atoms with Crippen LogP contribution in [0.1, 0.15) is 279 Å². The lowest BCUT2D eigenvalue weighted by atomic mass is 9.76. The third-order valence-electron chi connectivity index (χ3n) is 24.9. The summed E-state index contributed by atoms with van der Waals surface area (Å²) in [7, 11) is 0. The highest BCUT2D eigenvalue weighted by molar-refractivity contribution is 7.13. The lowest BCUT2D eigenvalue weighted by molar-refractivity contribution is -0.146. The Kier molecular flexibility index (Phi) is 43.5. The number of hydrogen-bond donors (Lipinski definition) is 11. The number of nitrogens with zero attached hydrogens (tertiary/aromatic N) is 14. The van der Waals surface area contributed by atoms with E-state index in [-0.39, 0.29) is 112 Å². The fourth-order valence-corrected chi connectivity index (χ4v) is 18.6. The zero-order valence-electron chi connectivity index (χ0n) is 84.9. The molecule has 2 saturated heterocycles. The molecule has 10 aromatic rings. The van der Waals surface area contributed by atoms with E-state index in [0.717, 1.165) is 133 Å². The molecule has 0 radical (unpaired) electrons. The third kappa shape index (κ3) is 33.5. The minimum atomic E-state index is -1.23. The van der Waals surface area contributed by atoms with Crippen LogP contribution < -0.4 is 42.6 Å². The van der Waals surface area contributed by atoms with Crippen molar-refractivity contribution < 1.29 is 82.6 Å². The van der Waals surface area contributed by atoms with Crippen LogP contribution in [0.4, 0.5) is 11.6 Å². The largest absolute Gasteiger partial charge is 0.490 e. The molecular formula is C105H146N20O17S2. The van der Waals surface area contributed by atoms with Gasteiger partial charge in [-0.2, -0.15) is 0 Å². The number of ether oxygens (including phenoxy) is 2. The number of aliphatic carboxylic acids is 1. The summed E-state index contributed by atoms with van der Waals surface area (Å²) in [5.41, 5.74) is 27.4. The standard InChI is InChI=1S/C52H70N10O8S.C29H42N4O4S.C23H30N6O5.CH4/c1-8-61-45-41(30-55-39(23-24-52(6,7)68)43(45)58-48(61)44-47(53)60-70-59-44)69-26-16-11-9-10-14-18-42(65)54-25-15-12-13-17-36(63)27-38(51(3,4)5)50(67)62-31-37(64)28-40(62)49(66)56-29-34-19-21-35(22-20-34)46-33(2)57-32-71-46;1-19-26(38-18-32-19)21-11-9-20(10-12-21)16-31-27(36)25-15-23(35)17-33(25)28(37)24(29(2,3)4)14-22(34)8-6-5-7-13-30;1-4-29-20-16(33-13-9-7-5-6-8-10-17(30)31)14-25-15(11-12-23(2,3)32)18(20)26-22(29)19-21(24)28-34-27-19;/h19-22,30,32,37-38,40,64,68H,8-18,25-29,31H2,1-7H3,(H2,53,60)(H,54,65)(H,56,66);9-12,18,23-25,35H,5-8,13-17,30H2,1-4H3,(H,31,36);14,32H,4-10,13H2,1-3H3,(H2,24,28)(H,30,31);1H4/t37-,38-,40+;23-,24-,25+;;/m11../s1. The number of imidazole rings is 2. The number of nitrogens with one attached hydrogen (secondary N) is 3. The number of carboxylic acid groups (broad SMARTS) is 1. The van der Waals surface area contributed by atoms with Crippen LogP contribution in [0.3, 0.4) is 0 Å². The molecule has 0 saturated carbocycles. The number of Topliss-reactive ketones (excluding diaryl/α,β-unsaturated/α-hetero) is 2. The minimum absolute atomic E-state index is 0. The average Bonchev–Trinajstić information content (AvgIpc) is 1.60. The Bertz CT molecular complexity index is 6050. The molecule has 0 spiro atoms. The van der Waals surface area contributed by atoms with Crippen molar-refractivity contribution in [1.29, 1.82) is 0 Å². The van der Waals surface area contributed by atoms with Crippen molar-refractivity contribution in [2.45, 2.75) is 320 Å². The molecule has 6 atom stereocenters. The number of nitrogen functional groups attached to an aromatic ring is 2. The minimum Gasteiger partial charge on any atom is -0.490 e. The maximum atomic E-state index is 14.1. The Hall–Kier alpha value is -12.5. The zero-order chi connectivity index (χ0) is 104. The number of aromatic nitrogens is 12. The van der Waals surface area contributed by atoms with Gasteiger partial charge in [0.1, 0.15) is 68.3 Å². The molecule has 5 amide bonds. The van der Waals surface area contributed by atoms with Crippen LogP contribution in [-0.4, -0.2) is 217 Å². The number of hydrogen-bond acceptors (Lipinski definition) is 31. The summed E-state index contributed by atoms with van der Waals surface area (Å²) in [5, 5.41) is 74.0. The van der Waals surface area contributed by atoms with Crippen molar-refractivity contribution in [2.24, 2.45) is 28.4 Å². The first-order valence-electron chi connectivity index (χ1n) is 49.5. The van der Waals surface area contributed by atoms with E-state index < -0.39 is 64.1 Å². The molecule has 2 fully saturated rings. The van der Waals surface area contributed by atoms with Gasteiger partial charge in [0, 0.05) is 109 Å². The number of fused-ring (bicyclic) bond motifs is 2. The number of β-amino-alcohol motifs (C(OH)–C–C–N with tert-alkyl or cyclic N) is 2. The monoisotopic (exact) mass is 2020 g/mol. The molecule has 0 bridgehead atoms. The quantitative estimate of drug-likeness (QED) is 0.0125. The number of aliphatic hydroxyl groups excluding tert-OH is 2. The number of ketones is 2. The normalized spacial score (nSPS) is 15.1. The van der Waals surface area contributed by atoms with E-state index in [9.17, 15) is 58.8 Å². The molecule has 14 N–H and O–H groups in total. The van der Waals surface area contributed by atoms with Crippen molar-refractivity contribution >= 4 is 103 Å². The molecule has 37 nitrogen and oxygen atoms in total. The van der Waals surface area contributed by atoms with Crippen molar-refractivity contribution in [3.8, 4) is 79.1 Å². The number of rotatable bonds is 47. The number of thiazole rings is 2. The molecule has 2 aliphatic heterocycles. The Morgan fingerprint density at radius 2 is 0.896 bits per heavy atom. The van der Waals surface area contributed by atoms with E-state index in [1.54, 1.807) is 62.8 Å². The number of carbonyl (C=O) groups excluding carboxylic acids is 7. The van der Waals surface area contributed by atoms with E-state index in [1.165, 1.54) is 9.80 Å². The van der Waals surface area contributed by atoms with Gasteiger partial charge in [0.25, 0.3) is 0 Å². The summed E-state index contributed by atoms with van der Waals surface area (Å²) in [5.74, 6) is 10.5. The molecule has 144 heavy (non-hydrogen) atoms. The summed E-state index contributed by atoms with van der Waals surface area (Å²) >= 11 is 3.17. The lowest BCUT2D eigenvalue weighted by Gasteiger charge is -2.34. The third-order valence-corrected chi connectivity index (χ3v) is 26.8. The number of aliphatic hydroxyl groups is 4. The smallest absolute Gasteiger partial charge is 0.303 e. The van der Waals surface area contributed by atoms with Gasteiger partial charge in [-0.05, 0) is 179 Å². The number of benzene rings is 2. The predicted molar refractivity (Wildman–Crippen MR) is 554 cm³/mol. The fourth-order valence-electron chi connectivity index (χ4n) is 17.0. The molecule has 8 aromatic heterocycles. The molecule has 10 heterocycles. The molecule has 0 aliphatic carbocycles. The molecule has 780 valence electrons. The molecule has 2 aliphatic rings. The number of anilines is 2. The van der Waals surface area contributed by atoms with Gasteiger partial charge in [-0.1, -0.05) is 161 Å². The number of nitrogens with two attached hydrogens (primary N) is 3. The fraction of sp³-hybridized carbons (Fsp3) is 0.562.